The smallest absolute Gasteiger partial charge is 0.312 e. The van der Waals surface area contributed by atoms with E-state index in [2.05, 4.69) is 11.6 Å². The number of halogens is 3. The normalized spacial score (nSPS) is 23.3. The second kappa shape index (κ2) is 5.37. The number of aryl methyl sites for hydroxylation is 1. The van der Waals surface area contributed by atoms with Crippen LogP contribution in [0.5, 0.6) is 0 Å². The molecule has 1 atom stereocenters. The minimum Gasteiger partial charge on any atom is -0.312 e. The molecule has 0 bridgehead atoms. The van der Waals surface area contributed by atoms with Gasteiger partial charge in [-0.25, -0.2) is 4.99 Å². The first-order valence-corrected chi connectivity index (χ1v) is 7.69. The lowest BCUT2D eigenvalue weighted by molar-refractivity contribution is -0.196. The third kappa shape index (κ3) is 2.48. The third-order valence-electron chi connectivity index (χ3n) is 3.64. The molecule has 1 aromatic rings. The van der Waals surface area contributed by atoms with Crippen molar-refractivity contribution in [2.75, 3.05) is 6.54 Å². The lowest BCUT2D eigenvalue weighted by Gasteiger charge is -2.28. The highest BCUT2D eigenvalue weighted by atomic mass is 32.2. The summed E-state index contributed by atoms with van der Waals surface area (Å²) < 4.78 is 40.8. The third-order valence-corrected chi connectivity index (χ3v) is 4.55. The predicted molar refractivity (Wildman–Crippen MR) is 83.3 cm³/mol. The first kappa shape index (κ1) is 16.6. The Hall–Kier alpha value is -2.29. The SMILES string of the molecule is C=C1CN2C(=O)C(NC(=O)c3ccc(C)cc3)(C(F)(F)F)N=C2S1. The van der Waals surface area contributed by atoms with Crippen LogP contribution in [0.25, 0.3) is 0 Å². The van der Waals surface area contributed by atoms with Gasteiger partial charge in [-0.15, -0.1) is 0 Å². The summed E-state index contributed by atoms with van der Waals surface area (Å²) in [5, 5.41) is 1.67. The van der Waals surface area contributed by atoms with Crippen LogP contribution in [0.4, 0.5) is 13.2 Å². The van der Waals surface area contributed by atoms with Gasteiger partial charge in [0.05, 0.1) is 6.54 Å². The number of nitrogens with zero attached hydrogens (tertiary/aromatic N) is 2. The second-order valence-electron chi connectivity index (χ2n) is 5.45. The Morgan fingerprint density at radius 1 is 1.38 bits per heavy atom. The summed E-state index contributed by atoms with van der Waals surface area (Å²) in [6, 6.07) is 5.96. The zero-order chi connectivity index (χ0) is 17.7. The van der Waals surface area contributed by atoms with Crippen molar-refractivity contribution in [3.05, 3.63) is 46.9 Å². The summed E-state index contributed by atoms with van der Waals surface area (Å²) >= 11 is 0.892. The van der Waals surface area contributed by atoms with Crippen LogP contribution >= 0.6 is 11.8 Å². The van der Waals surface area contributed by atoms with E-state index >= 15 is 0 Å². The fourth-order valence-electron chi connectivity index (χ4n) is 2.37. The lowest BCUT2D eigenvalue weighted by atomic mass is 10.1. The summed E-state index contributed by atoms with van der Waals surface area (Å²) in [5.41, 5.74) is -2.43. The minimum atomic E-state index is -5.07. The molecule has 1 aromatic carbocycles. The number of rotatable bonds is 2. The number of fused-ring (bicyclic) bond motifs is 1. The van der Waals surface area contributed by atoms with Crippen molar-refractivity contribution >= 4 is 28.7 Å². The first-order valence-electron chi connectivity index (χ1n) is 6.87. The van der Waals surface area contributed by atoms with Crippen LogP contribution in [0, 0.1) is 6.92 Å². The topological polar surface area (TPSA) is 61.8 Å². The van der Waals surface area contributed by atoms with Gasteiger partial charge in [0, 0.05) is 10.5 Å². The predicted octanol–water partition coefficient (Wildman–Crippen LogP) is 2.44. The molecule has 0 aromatic heterocycles. The van der Waals surface area contributed by atoms with Gasteiger partial charge >= 0.3 is 11.8 Å². The number of thioether (sulfide) groups is 1. The summed E-state index contributed by atoms with van der Waals surface area (Å²) in [7, 11) is 0. The average molecular weight is 355 g/mol. The highest BCUT2D eigenvalue weighted by Gasteiger charge is 2.68. The largest absolute Gasteiger partial charge is 0.442 e. The summed E-state index contributed by atoms with van der Waals surface area (Å²) in [6.07, 6.45) is -5.07. The van der Waals surface area contributed by atoms with E-state index in [1.54, 1.807) is 24.4 Å². The average Bonchev–Trinajstić information content (AvgIpc) is 2.96. The maximum Gasteiger partial charge on any atom is 0.442 e. The van der Waals surface area contributed by atoms with Crippen molar-refractivity contribution in [2.45, 2.75) is 18.8 Å². The van der Waals surface area contributed by atoms with E-state index < -0.39 is 23.7 Å². The molecule has 2 amide bonds. The molecule has 3 rings (SSSR count). The van der Waals surface area contributed by atoms with Gasteiger partial charge < -0.3 is 5.32 Å². The number of carbonyl (C=O) groups is 2. The molecule has 24 heavy (non-hydrogen) atoms. The molecule has 0 saturated carbocycles. The van der Waals surface area contributed by atoms with Crippen LogP contribution < -0.4 is 5.32 Å². The van der Waals surface area contributed by atoms with E-state index in [-0.39, 0.29) is 17.3 Å². The van der Waals surface area contributed by atoms with Crippen LogP contribution in [-0.4, -0.2) is 40.3 Å². The molecular weight excluding hydrogens is 343 g/mol. The Kier molecular flexibility index (Phi) is 3.71. The van der Waals surface area contributed by atoms with Crippen molar-refractivity contribution in [3.63, 3.8) is 0 Å². The molecular formula is C15H12F3N3O2S. The molecule has 0 aliphatic carbocycles. The van der Waals surface area contributed by atoms with Gasteiger partial charge in [0.15, 0.2) is 5.17 Å². The molecule has 9 heteroatoms. The van der Waals surface area contributed by atoms with Gasteiger partial charge in [-0.2, -0.15) is 13.2 Å². The number of nitrogens with one attached hydrogen (secondary N) is 1. The van der Waals surface area contributed by atoms with E-state index in [1.807, 2.05) is 0 Å². The Labute approximate surface area is 139 Å². The maximum atomic E-state index is 13.6. The molecule has 1 fully saturated rings. The lowest BCUT2D eigenvalue weighted by Crippen LogP contribution is -2.63. The van der Waals surface area contributed by atoms with E-state index in [0.29, 0.717) is 4.91 Å². The van der Waals surface area contributed by atoms with Gasteiger partial charge in [0.2, 0.25) is 0 Å². The van der Waals surface area contributed by atoms with Crippen molar-refractivity contribution in [2.24, 2.45) is 4.99 Å². The van der Waals surface area contributed by atoms with Crippen molar-refractivity contribution in [3.8, 4) is 0 Å². The fraction of sp³-hybridized carbons (Fsp3) is 0.267. The molecule has 2 aliphatic rings. The van der Waals surface area contributed by atoms with Gasteiger partial charge in [-0.1, -0.05) is 36.0 Å². The molecule has 1 N–H and O–H groups in total. The molecule has 1 saturated heterocycles. The molecule has 2 heterocycles. The van der Waals surface area contributed by atoms with Crippen molar-refractivity contribution in [1.29, 1.82) is 0 Å². The number of amidine groups is 1. The molecule has 0 spiro atoms. The summed E-state index contributed by atoms with van der Waals surface area (Å²) in [4.78, 5) is 29.5. The van der Waals surface area contributed by atoms with Crippen LogP contribution in [0.2, 0.25) is 0 Å². The Morgan fingerprint density at radius 3 is 2.54 bits per heavy atom. The van der Waals surface area contributed by atoms with E-state index in [9.17, 15) is 22.8 Å². The number of aliphatic imine (C=N–C) groups is 1. The summed E-state index contributed by atoms with van der Waals surface area (Å²) in [6.45, 7) is 5.34. The molecule has 2 aliphatic heterocycles. The van der Waals surface area contributed by atoms with Gasteiger partial charge in [-0.05, 0) is 19.1 Å². The van der Waals surface area contributed by atoms with Crippen LogP contribution in [0.1, 0.15) is 15.9 Å². The number of alkyl halides is 3. The van der Waals surface area contributed by atoms with Crippen molar-refractivity contribution < 1.29 is 22.8 Å². The van der Waals surface area contributed by atoms with E-state index in [1.165, 1.54) is 12.1 Å². The monoisotopic (exact) mass is 355 g/mol. The number of amides is 2. The Bertz CT molecular complexity index is 773. The maximum absolute atomic E-state index is 13.6. The van der Waals surface area contributed by atoms with E-state index in [0.717, 1.165) is 22.2 Å². The molecule has 1 unspecified atom stereocenters. The van der Waals surface area contributed by atoms with Crippen LogP contribution in [-0.2, 0) is 4.79 Å². The minimum absolute atomic E-state index is 0.0151. The molecule has 0 radical (unpaired) electrons. The highest BCUT2D eigenvalue weighted by molar-refractivity contribution is 8.17. The van der Waals surface area contributed by atoms with E-state index in [4.69, 9.17) is 0 Å². The standard InChI is InChI=1S/C15H12F3N3O2S/c1-8-3-5-10(6-4-8)11(22)19-14(15(16,17)18)12(23)21-7-9(2)24-13(21)20-14/h3-6H,2,7H2,1H3,(H,19,22). The van der Waals surface area contributed by atoms with Gasteiger partial charge in [-0.3, -0.25) is 14.5 Å². The fourth-order valence-corrected chi connectivity index (χ4v) is 3.26. The Morgan fingerprint density at radius 2 is 2.00 bits per heavy atom. The van der Waals surface area contributed by atoms with Crippen molar-refractivity contribution in [1.82, 2.24) is 10.2 Å². The summed E-state index contributed by atoms with van der Waals surface area (Å²) in [5.74, 6) is -2.34. The number of hydrogen-bond donors (Lipinski definition) is 1. The zero-order valence-electron chi connectivity index (χ0n) is 12.5. The highest BCUT2D eigenvalue weighted by Crippen LogP contribution is 2.43. The van der Waals surface area contributed by atoms with Gasteiger partial charge in [0.25, 0.3) is 11.8 Å². The number of benzene rings is 1. The van der Waals surface area contributed by atoms with Crippen LogP contribution in [0.3, 0.4) is 0 Å². The zero-order valence-corrected chi connectivity index (χ0v) is 13.3. The first-order chi connectivity index (χ1) is 11.1. The quantitative estimate of drug-likeness (QED) is 0.886. The second-order valence-corrected chi connectivity index (χ2v) is 6.60. The molecule has 5 nitrogen and oxygen atoms in total. The van der Waals surface area contributed by atoms with Crippen LogP contribution in [0.15, 0.2) is 40.7 Å². The Balaban J connectivity index is 1.97. The van der Waals surface area contributed by atoms with Gasteiger partial charge in [0.1, 0.15) is 0 Å². The number of hydrogen-bond acceptors (Lipinski definition) is 4. The molecule has 126 valence electrons. The number of carbonyl (C=O) groups excluding carboxylic acids is 2.